The fraction of sp³-hybridized carbons (Fsp3) is 0.750. The molecule has 88 valence electrons. The number of thioether (sulfide) groups is 1. The van der Waals surface area contributed by atoms with Crippen molar-refractivity contribution in [1.82, 2.24) is 5.32 Å². The monoisotopic (exact) mass is 281 g/mol. The third-order valence-electron chi connectivity index (χ3n) is 1.48. The minimum absolute atomic E-state index is 0. The molecule has 2 N–H and O–H groups in total. The van der Waals surface area contributed by atoms with E-state index in [1.165, 1.54) is 24.6 Å². The molecule has 0 saturated carbocycles. The van der Waals surface area contributed by atoms with Gasteiger partial charge in [0, 0.05) is 37.0 Å². The molecule has 9 heteroatoms. The molecule has 0 radical (unpaired) electrons. The summed E-state index contributed by atoms with van der Waals surface area (Å²) in [4.78, 5) is 19.1. The Balaban J connectivity index is -0.000000216. The maximum absolute atomic E-state index is 9.58. The Morgan fingerprint density at radius 2 is 1.71 bits per heavy atom. The van der Waals surface area contributed by atoms with E-state index in [1.54, 1.807) is 0 Å². The van der Waals surface area contributed by atoms with Gasteiger partial charge in [-0.25, -0.2) is 0 Å². The van der Waals surface area contributed by atoms with E-state index in [4.69, 9.17) is 5.11 Å². The van der Waals surface area contributed by atoms with Gasteiger partial charge in [-0.05, 0) is 0 Å². The Morgan fingerprint density at radius 3 is 1.82 bits per heavy atom. The molecule has 1 fully saturated rings. The summed E-state index contributed by atoms with van der Waals surface area (Å²) in [6, 6.07) is 0. The number of hydrogen-bond acceptors (Lipinski definition) is 7. The van der Waals surface area contributed by atoms with E-state index in [9.17, 15) is 19.8 Å². The number of carboxylic acid groups (broad SMARTS) is 2. The van der Waals surface area contributed by atoms with Gasteiger partial charge in [-0.1, -0.05) is 0 Å². The molecular weight excluding hydrogens is 268 g/mol. The molecule has 0 spiro atoms. The summed E-state index contributed by atoms with van der Waals surface area (Å²) < 4.78 is 0. The van der Waals surface area contributed by atoms with Crippen LogP contribution in [-0.2, 0) is 9.59 Å². The number of carboxylic acids is 2. The molecule has 1 aliphatic heterocycles. The summed E-state index contributed by atoms with van der Waals surface area (Å²) >= 11 is 2.03. The molecule has 17 heavy (non-hydrogen) atoms. The fourth-order valence-corrected chi connectivity index (χ4v) is 1.54. The molecule has 0 aliphatic carbocycles. The summed E-state index contributed by atoms with van der Waals surface area (Å²) in [5.41, 5.74) is 0. The van der Waals surface area contributed by atoms with E-state index < -0.39 is 24.5 Å². The average molecular weight is 281 g/mol. The van der Waals surface area contributed by atoms with Gasteiger partial charge >= 0.3 is 59.1 Å². The maximum Gasteiger partial charge on any atom is 1.00 e. The van der Waals surface area contributed by atoms with Gasteiger partial charge in [-0.15, -0.1) is 0 Å². The van der Waals surface area contributed by atoms with E-state index in [-0.39, 0.29) is 59.1 Å². The summed E-state index contributed by atoms with van der Waals surface area (Å²) in [6.45, 7) is 2.43. The molecule has 0 aromatic heterocycles. The number of rotatable bonds is 3. The number of aliphatic carboxylic acids is 2. The minimum Gasteiger partial charge on any atom is -0.550 e. The zero-order valence-corrected chi connectivity index (χ0v) is 14.9. The number of aliphatic hydroxyl groups excluding tert-OH is 1. The van der Waals surface area contributed by atoms with Crippen molar-refractivity contribution in [3.05, 3.63) is 0 Å². The predicted molar refractivity (Wildman–Crippen MR) is 50.8 cm³/mol. The van der Waals surface area contributed by atoms with Crippen LogP contribution in [0.25, 0.3) is 0 Å². The van der Waals surface area contributed by atoms with Crippen LogP contribution in [0.4, 0.5) is 0 Å². The van der Waals surface area contributed by atoms with Gasteiger partial charge < -0.3 is 30.2 Å². The molecule has 0 bridgehead atoms. The van der Waals surface area contributed by atoms with E-state index >= 15 is 0 Å². The topological polar surface area (TPSA) is 113 Å². The third-order valence-corrected chi connectivity index (χ3v) is 2.46. The fourth-order valence-electron chi connectivity index (χ4n) is 0.757. The molecule has 1 unspecified atom stereocenters. The van der Waals surface area contributed by atoms with Crippen molar-refractivity contribution in [3.8, 4) is 0 Å². The smallest absolute Gasteiger partial charge is 0.550 e. The second kappa shape index (κ2) is 15.3. The van der Waals surface area contributed by atoms with Crippen molar-refractivity contribution in [3.63, 3.8) is 0 Å². The molecule has 6 nitrogen and oxygen atoms in total. The Kier molecular flexibility index (Phi) is 20.9. The second-order valence-electron chi connectivity index (χ2n) is 2.77. The van der Waals surface area contributed by atoms with Gasteiger partial charge in [-0.2, -0.15) is 11.8 Å². The van der Waals surface area contributed by atoms with Crippen molar-refractivity contribution in [2.75, 3.05) is 24.6 Å². The molecule has 1 atom stereocenters. The van der Waals surface area contributed by atoms with Crippen LogP contribution in [0.1, 0.15) is 6.42 Å². The minimum atomic E-state index is -1.96. The van der Waals surface area contributed by atoms with Crippen molar-refractivity contribution in [2.24, 2.45) is 0 Å². The Hall–Kier alpha value is 1.21. The first-order valence-electron chi connectivity index (χ1n) is 4.41. The quantitative estimate of drug-likeness (QED) is 0.494. The first-order valence-corrected chi connectivity index (χ1v) is 5.56. The van der Waals surface area contributed by atoms with Gasteiger partial charge in [0.2, 0.25) is 0 Å². The van der Waals surface area contributed by atoms with Crippen LogP contribution in [0.3, 0.4) is 0 Å². The molecule has 1 aliphatic rings. The summed E-state index contributed by atoms with van der Waals surface area (Å²) in [6.07, 6.45) is -2.89. The Labute approximate surface area is 148 Å². The van der Waals surface area contributed by atoms with E-state index in [1.807, 2.05) is 11.8 Å². The van der Waals surface area contributed by atoms with Crippen LogP contribution in [0.15, 0.2) is 0 Å². The molecule has 1 saturated heterocycles. The van der Waals surface area contributed by atoms with Crippen LogP contribution in [-0.4, -0.2) is 47.7 Å². The number of aliphatic hydroxyl groups is 1. The number of hydrogen-bond donors (Lipinski definition) is 2. The predicted octanol–water partition coefficient (Wildman–Crippen LogP) is -9.43. The van der Waals surface area contributed by atoms with Crippen molar-refractivity contribution in [2.45, 2.75) is 12.5 Å². The van der Waals surface area contributed by atoms with Crippen molar-refractivity contribution >= 4 is 23.7 Å². The van der Waals surface area contributed by atoms with Gasteiger partial charge in [0.15, 0.2) is 0 Å². The summed E-state index contributed by atoms with van der Waals surface area (Å²) in [7, 11) is 0. The zero-order valence-electron chi connectivity index (χ0n) is 10.1. The second-order valence-corrected chi connectivity index (χ2v) is 4.00. The van der Waals surface area contributed by atoms with Crippen LogP contribution < -0.4 is 74.6 Å². The molecule has 1 heterocycles. The third kappa shape index (κ3) is 17.2. The standard InChI is InChI=1S/C4H9NS.C4H6O5.2Na/c1-3-6-4-2-5-1;5-2(4(8)9)1-3(6)7;;/h5H,1-4H2;2,5H,1H2,(H,6,7)(H,8,9);;/q;;2*+1/p-2. The normalized spacial score (nSPS) is 15.1. The Morgan fingerprint density at radius 1 is 1.24 bits per heavy atom. The van der Waals surface area contributed by atoms with Gasteiger partial charge in [0.25, 0.3) is 0 Å². The Bertz CT molecular complexity index is 205. The van der Waals surface area contributed by atoms with Gasteiger partial charge in [0.1, 0.15) is 0 Å². The van der Waals surface area contributed by atoms with Crippen LogP contribution in [0.2, 0.25) is 0 Å². The van der Waals surface area contributed by atoms with Crippen molar-refractivity contribution < 1.29 is 84.0 Å². The molecule has 0 aromatic carbocycles. The van der Waals surface area contributed by atoms with E-state index in [0.29, 0.717) is 0 Å². The molecule has 0 aromatic rings. The molecule has 0 amide bonds. The van der Waals surface area contributed by atoms with Gasteiger partial charge in [-0.3, -0.25) is 0 Å². The first-order chi connectivity index (χ1) is 7.04. The van der Waals surface area contributed by atoms with E-state index in [2.05, 4.69) is 5.32 Å². The zero-order chi connectivity index (χ0) is 11.7. The summed E-state index contributed by atoms with van der Waals surface area (Å²) in [5.74, 6) is -0.814. The molecule has 1 rings (SSSR count). The first kappa shape index (κ1) is 23.3. The SMILES string of the molecule is C1CSCCN1.O=C([O-])CC(O)C(=O)[O-].[Na+].[Na+]. The van der Waals surface area contributed by atoms with Crippen LogP contribution >= 0.6 is 11.8 Å². The van der Waals surface area contributed by atoms with E-state index in [0.717, 1.165) is 0 Å². The number of carbonyl (C=O) groups excluding carboxylic acids is 2. The number of nitrogens with one attached hydrogen (secondary N) is 1. The maximum atomic E-state index is 9.58. The number of carbonyl (C=O) groups is 2. The van der Waals surface area contributed by atoms with Crippen molar-refractivity contribution in [1.29, 1.82) is 0 Å². The van der Waals surface area contributed by atoms with Gasteiger partial charge in [0.05, 0.1) is 12.1 Å². The van der Waals surface area contributed by atoms with Crippen LogP contribution in [0.5, 0.6) is 0 Å². The largest absolute Gasteiger partial charge is 1.00 e. The average Bonchev–Trinajstić information content (AvgIpc) is 2.20. The van der Waals surface area contributed by atoms with Crippen LogP contribution in [0, 0.1) is 0 Å². The molecular formula is C8H13NNa2O5S. The summed E-state index contributed by atoms with van der Waals surface area (Å²) in [5, 5.41) is 30.6.